The molecule has 3 atom stereocenters. The first-order chi connectivity index (χ1) is 8.66. The lowest BCUT2D eigenvalue weighted by Crippen LogP contribution is -2.46. The van der Waals surface area contributed by atoms with Gasteiger partial charge in [0, 0.05) is 0 Å². The van der Waals surface area contributed by atoms with Crippen molar-refractivity contribution < 1.29 is 13.9 Å². The molecule has 1 aromatic carbocycles. The van der Waals surface area contributed by atoms with Gasteiger partial charge in [0.2, 0.25) is 0 Å². The second kappa shape index (κ2) is 3.34. The Morgan fingerprint density at radius 1 is 1.33 bits per heavy atom. The highest BCUT2D eigenvalue weighted by Gasteiger charge is 2.55. The Morgan fingerprint density at radius 2 is 2.22 bits per heavy atom. The molecule has 18 heavy (non-hydrogen) atoms. The van der Waals surface area contributed by atoms with E-state index in [-0.39, 0.29) is 17.2 Å². The Bertz CT molecular complexity index is 539. The summed E-state index contributed by atoms with van der Waals surface area (Å²) in [6.45, 7) is 0. The topological polar surface area (TPSA) is 26.3 Å². The lowest BCUT2D eigenvalue weighted by atomic mass is 9.77. The van der Waals surface area contributed by atoms with E-state index in [0.717, 1.165) is 12.3 Å². The second-order valence-electron chi connectivity index (χ2n) is 5.99. The zero-order valence-corrected chi connectivity index (χ0v) is 10.1. The van der Waals surface area contributed by atoms with Crippen LogP contribution >= 0.6 is 0 Å². The van der Waals surface area contributed by atoms with Crippen LogP contribution in [0.4, 0.5) is 4.39 Å². The van der Waals surface area contributed by atoms with Crippen LogP contribution in [0, 0.1) is 17.7 Å². The van der Waals surface area contributed by atoms with Crippen LogP contribution < -0.4 is 4.74 Å². The van der Waals surface area contributed by atoms with E-state index in [1.54, 1.807) is 6.07 Å². The average molecular weight is 246 g/mol. The predicted molar refractivity (Wildman–Crippen MR) is 64.2 cm³/mol. The molecule has 3 unspecified atom stereocenters. The van der Waals surface area contributed by atoms with Crippen LogP contribution in [-0.2, 0) is 0 Å². The lowest BCUT2D eigenvalue weighted by Gasteiger charge is -2.41. The third kappa shape index (κ3) is 1.30. The van der Waals surface area contributed by atoms with Gasteiger partial charge in [-0.25, -0.2) is 4.39 Å². The van der Waals surface area contributed by atoms with Crippen molar-refractivity contribution in [1.82, 2.24) is 0 Å². The molecule has 0 amide bonds. The molecule has 0 N–H and O–H groups in total. The first-order valence-electron chi connectivity index (χ1n) is 6.68. The van der Waals surface area contributed by atoms with Gasteiger partial charge in [-0.1, -0.05) is 0 Å². The molecule has 1 spiro atoms. The molecule has 94 valence electrons. The fourth-order valence-electron chi connectivity index (χ4n) is 4.17. The zero-order chi connectivity index (χ0) is 12.3. The van der Waals surface area contributed by atoms with Crippen LogP contribution in [0.3, 0.4) is 0 Å². The molecule has 2 saturated carbocycles. The molecule has 1 aliphatic heterocycles. The minimum atomic E-state index is -0.366. The summed E-state index contributed by atoms with van der Waals surface area (Å²) in [5.41, 5.74) is 0.147. The lowest BCUT2D eigenvalue weighted by molar-refractivity contribution is -0.000600. The summed E-state index contributed by atoms with van der Waals surface area (Å²) >= 11 is 0. The summed E-state index contributed by atoms with van der Waals surface area (Å²) in [6, 6.07) is 4.28. The predicted octanol–water partition coefficient (Wildman–Crippen LogP) is 3.35. The number of Topliss-reactive ketones (excluding diaryl/α,β-unsaturated/α-hetero) is 1. The number of benzene rings is 1. The Balaban J connectivity index is 1.76. The molecular formula is C15H15FO2. The molecule has 4 rings (SSSR count). The molecular weight excluding hydrogens is 231 g/mol. The minimum Gasteiger partial charge on any atom is -0.486 e. The standard InChI is InChI=1S/C15H15FO2/c16-11-3-4-14-12(6-11)13(17)8-15(18-14)7-9-1-2-10(15)5-9/h3-4,6,9-10H,1-2,5,7-8H2. The summed E-state index contributed by atoms with van der Waals surface area (Å²) in [4.78, 5) is 12.2. The third-order valence-corrected chi connectivity index (χ3v) is 4.93. The molecule has 2 nitrogen and oxygen atoms in total. The van der Waals surface area contributed by atoms with Gasteiger partial charge >= 0.3 is 0 Å². The fraction of sp³-hybridized carbons (Fsp3) is 0.533. The summed E-state index contributed by atoms with van der Waals surface area (Å²) < 4.78 is 19.3. The van der Waals surface area contributed by atoms with E-state index < -0.39 is 0 Å². The van der Waals surface area contributed by atoms with Gasteiger partial charge in [-0.2, -0.15) is 0 Å². The van der Waals surface area contributed by atoms with Crippen molar-refractivity contribution in [1.29, 1.82) is 0 Å². The van der Waals surface area contributed by atoms with E-state index in [4.69, 9.17) is 4.74 Å². The van der Waals surface area contributed by atoms with Crippen molar-refractivity contribution in [2.24, 2.45) is 11.8 Å². The summed E-state index contributed by atoms with van der Waals surface area (Å²) in [5, 5.41) is 0. The zero-order valence-electron chi connectivity index (χ0n) is 10.1. The smallest absolute Gasteiger partial charge is 0.170 e. The first-order valence-corrected chi connectivity index (χ1v) is 6.68. The second-order valence-corrected chi connectivity index (χ2v) is 5.99. The van der Waals surface area contributed by atoms with E-state index in [9.17, 15) is 9.18 Å². The molecule has 2 aliphatic carbocycles. The van der Waals surface area contributed by atoms with Gasteiger partial charge in [0.05, 0.1) is 12.0 Å². The van der Waals surface area contributed by atoms with Gasteiger partial charge in [0.1, 0.15) is 17.2 Å². The Labute approximate surface area is 105 Å². The van der Waals surface area contributed by atoms with Crippen LogP contribution in [0.1, 0.15) is 42.5 Å². The Hall–Kier alpha value is -1.38. The number of hydrogen-bond acceptors (Lipinski definition) is 2. The van der Waals surface area contributed by atoms with Gasteiger partial charge in [-0.3, -0.25) is 4.79 Å². The highest BCUT2D eigenvalue weighted by atomic mass is 19.1. The van der Waals surface area contributed by atoms with Gasteiger partial charge in [0.25, 0.3) is 0 Å². The maximum Gasteiger partial charge on any atom is 0.170 e. The highest BCUT2D eigenvalue weighted by Crippen LogP contribution is 2.56. The molecule has 0 aromatic heterocycles. The highest BCUT2D eigenvalue weighted by molar-refractivity contribution is 6.00. The Kier molecular flexibility index (Phi) is 1.95. The largest absolute Gasteiger partial charge is 0.486 e. The number of carbonyl (C=O) groups excluding carboxylic acids is 1. The van der Waals surface area contributed by atoms with Crippen LogP contribution in [-0.4, -0.2) is 11.4 Å². The van der Waals surface area contributed by atoms with Gasteiger partial charge in [-0.05, 0) is 55.7 Å². The number of halogens is 1. The van der Waals surface area contributed by atoms with E-state index in [0.29, 0.717) is 23.7 Å². The van der Waals surface area contributed by atoms with Gasteiger partial charge in [0.15, 0.2) is 5.78 Å². The van der Waals surface area contributed by atoms with Crippen LogP contribution in [0.5, 0.6) is 5.75 Å². The van der Waals surface area contributed by atoms with Gasteiger partial charge < -0.3 is 4.74 Å². The number of hydrogen-bond donors (Lipinski definition) is 0. The van der Waals surface area contributed by atoms with Gasteiger partial charge in [-0.15, -0.1) is 0 Å². The molecule has 0 saturated heterocycles. The normalized spacial score (nSPS) is 36.8. The summed E-state index contributed by atoms with van der Waals surface area (Å²) in [7, 11) is 0. The number of rotatable bonds is 0. The van der Waals surface area contributed by atoms with E-state index in [2.05, 4.69) is 0 Å². The third-order valence-electron chi connectivity index (χ3n) is 4.93. The van der Waals surface area contributed by atoms with E-state index in [1.165, 1.54) is 31.4 Å². The molecule has 3 heteroatoms. The molecule has 1 aromatic rings. The van der Waals surface area contributed by atoms with E-state index in [1.807, 2.05) is 0 Å². The fourth-order valence-corrected chi connectivity index (χ4v) is 4.17. The van der Waals surface area contributed by atoms with Crippen molar-refractivity contribution in [3.8, 4) is 5.75 Å². The monoisotopic (exact) mass is 246 g/mol. The average Bonchev–Trinajstić information content (AvgIpc) is 2.91. The number of ether oxygens (including phenoxy) is 1. The maximum absolute atomic E-state index is 13.2. The number of carbonyl (C=O) groups is 1. The summed E-state index contributed by atoms with van der Waals surface area (Å²) in [6.07, 6.45) is 5.09. The minimum absolute atomic E-state index is 0.0447. The van der Waals surface area contributed by atoms with Crippen molar-refractivity contribution in [2.75, 3.05) is 0 Å². The molecule has 0 radical (unpaired) electrons. The number of ketones is 1. The SMILES string of the molecule is O=C1CC2(CC3CCC2C3)Oc2ccc(F)cc21. The van der Waals surface area contributed by atoms with E-state index >= 15 is 0 Å². The number of fused-ring (bicyclic) bond motifs is 4. The quantitative estimate of drug-likeness (QED) is 0.701. The van der Waals surface area contributed by atoms with Crippen LogP contribution in [0.2, 0.25) is 0 Å². The molecule has 3 aliphatic rings. The van der Waals surface area contributed by atoms with Crippen LogP contribution in [0.25, 0.3) is 0 Å². The van der Waals surface area contributed by atoms with Crippen molar-refractivity contribution in [3.05, 3.63) is 29.6 Å². The molecule has 1 heterocycles. The Morgan fingerprint density at radius 3 is 2.94 bits per heavy atom. The van der Waals surface area contributed by atoms with Crippen molar-refractivity contribution >= 4 is 5.78 Å². The van der Waals surface area contributed by atoms with Crippen molar-refractivity contribution in [3.63, 3.8) is 0 Å². The molecule has 2 bridgehead atoms. The summed E-state index contributed by atoms with van der Waals surface area (Å²) in [5.74, 6) is 1.51. The van der Waals surface area contributed by atoms with Crippen LogP contribution in [0.15, 0.2) is 18.2 Å². The maximum atomic E-state index is 13.2. The molecule has 2 fully saturated rings. The van der Waals surface area contributed by atoms with Crippen molar-refractivity contribution in [2.45, 2.75) is 37.7 Å². The first kappa shape index (κ1) is 10.5.